The highest BCUT2D eigenvalue weighted by molar-refractivity contribution is 5.82. The number of ether oxygens (including phenoxy) is 2. The average Bonchev–Trinajstić information content (AvgIpc) is 3.04. The summed E-state index contributed by atoms with van der Waals surface area (Å²) in [6, 6.07) is 15.4. The summed E-state index contributed by atoms with van der Waals surface area (Å²) in [6.45, 7) is 7.37. The first-order chi connectivity index (χ1) is 13.7. The van der Waals surface area contributed by atoms with E-state index in [0.29, 0.717) is 0 Å². The Labute approximate surface area is 164 Å². The summed E-state index contributed by atoms with van der Waals surface area (Å²) in [4.78, 5) is 24.3. The molecule has 1 aliphatic rings. The molecule has 5 heteroatoms. The summed E-state index contributed by atoms with van der Waals surface area (Å²) >= 11 is 0. The second-order valence-corrected chi connectivity index (χ2v) is 6.47. The second kappa shape index (κ2) is 9.04. The highest BCUT2D eigenvalue weighted by Gasteiger charge is 2.29. The van der Waals surface area contributed by atoms with Crippen molar-refractivity contribution in [1.82, 2.24) is 5.32 Å². The number of esters is 1. The number of carbonyl (C=O) groups excluding carboxylic acids is 2. The van der Waals surface area contributed by atoms with Crippen LogP contribution >= 0.6 is 0 Å². The van der Waals surface area contributed by atoms with Crippen LogP contribution in [-0.2, 0) is 14.3 Å². The van der Waals surface area contributed by atoms with Crippen molar-refractivity contribution in [3.05, 3.63) is 85.0 Å². The second-order valence-electron chi connectivity index (χ2n) is 6.47. The molecule has 0 unspecified atom stereocenters. The number of nitrogens with one attached hydrogen (secondary N) is 1. The molecule has 0 bridgehead atoms. The third-order valence-electron chi connectivity index (χ3n) is 4.67. The van der Waals surface area contributed by atoms with Gasteiger partial charge in [0.15, 0.2) is 0 Å². The van der Waals surface area contributed by atoms with E-state index in [0.717, 1.165) is 22.3 Å². The molecule has 5 nitrogen and oxygen atoms in total. The van der Waals surface area contributed by atoms with Gasteiger partial charge in [-0.1, -0.05) is 67.3 Å². The van der Waals surface area contributed by atoms with Crippen LogP contribution in [0.4, 0.5) is 4.79 Å². The number of fused-ring (bicyclic) bond motifs is 3. The summed E-state index contributed by atoms with van der Waals surface area (Å²) in [5.74, 6) is -0.586. The van der Waals surface area contributed by atoms with Crippen LogP contribution in [0.1, 0.15) is 23.5 Å². The van der Waals surface area contributed by atoms with Gasteiger partial charge in [0.05, 0.1) is 0 Å². The molecule has 1 aliphatic carbocycles. The number of hydrogen-bond donors (Lipinski definition) is 1. The van der Waals surface area contributed by atoms with Crippen LogP contribution in [0.2, 0.25) is 0 Å². The van der Waals surface area contributed by atoms with E-state index < -0.39 is 18.1 Å². The smallest absolute Gasteiger partial charge is 0.407 e. The molecule has 0 radical (unpaired) electrons. The van der Waals surface area contributed by atoms with Crippen molar-refractivity contribution in [1.29, 1.82) is 0 Å². The van der Waals surface area contributed by atoms with Gasteiger partial charge in [0, 0.05) is 5.92 Å². The van der Waals surface area contributed by atoms with Crippen LogP contribution in [-0.4, -0.2) is 31.3 Å². The number of hydrogen-bond acceptors (Lipinski definition) is 4. The van der Waals surface area contributed by atoms with Crippen molar-refractivity contribution in [2.45, 2.75) is 18.4 Å². The van der Waals surface area contributed by atoms with Crippen LogP contribution in [0.5, 0.6) is 0 Å². The topological polar surface area (TPSA) is 64.6 Å². The first-order valence-corrected chi connectivity index (χ1v) is 9.15. The summed E-state index contributed by atoms with van der Waals surface area (Å²) in [7, 11) is 0. The minimum absolute atomic E-state index is 0.0382. The van der Waals surface area contributed by atoms with E-state index in [1.54, 1.807) is 6.08 Å². The molecule has 1 atom stereocenters. The van der Waals surface area contributed by atoms with Crippen LogP contribution in [0.15, 0.2) is 73.8 Å². The van der Waals surface area contributed by atoms with Gasteiger partial charge in [-0.25, -0.2) is 9.59 Å². The van der Waals surface area contributed by atoms with Gasteiger partial charge in [-0.2, -0.15) is 0 Å². The Hall–Kier alpha value is -3.34. The van der Waals surface area contributed by atoms with Gasteiger partial charge in [0.2, 0.25) is 0 Å². The Morgan fingerprint density at radius 2 is 1.57 bits per heavy atom. The van der Waals surface area contributed by atoms with E-state index in [1.807, 2.05) is 24.3 Å². The number of carbonyl (C=O) groups is 2. The van der Waals surface area contributed by atoms with E-state index >= 15 is 0 Å². The number of alkyl carbamates (subject to hydrolysis) is 1. The Balaban J connectivity index is 1.66. The third-order valence-corrected chi connectivity index (χ3v) is 4.67. The molecule has 0 aliphatic heterocycles. The standard InChI is InChI=1S/C23H23NO4/c1-3-9-21(22(25)27-14-4-2)24-23(26)28-15-20-18-12-7-5-10-16(18)17-11-6-8-13-19(17)20/h3-8,10-13,20-21H,1-2,9,14-15H2,(H,24,26)/t21-/m1/s1. The van der Waals surface area contributed by atoms with Gasteiger partial charge < -0.3 is 14.8 Å². The zero-order chi connectivity index (χ0) is 19.9. The lowest BCUT2D eigenvalue weighted by molar-refractivity contribution is -0.144. The zero-order valence-corrected chi connectivity index (χ0v) is 15.6. The van der Waals surface area contributed by atoms with Crippen LogP contribution < -0.4 is 5.32 Å². The molecule has 1 N–H and O–H groups in total. The van der Waals surface area contributed by atoms with Crippen LogP contribution in [0.3, 0.4) is 0 Å². The van der Waals surface area contributed by atoms with Crippen LogP contribution in [0, 0.1) is 0 Å². The largest absolute Gasteiger partial charge is 0.460 e. The lowest BCUT2D eigenvalue weighted by atomic mass is 9.98. The van der Waals surface area contributed by atoms with E-state index in [4.69, 9.17) is 9.47 Å². The van der Waals surface area contributed by atoms with E-state index in [-0.39, 0.29) is 25.6 Å². The van der Waals surface area contributed by atoms with Gasteiger partial charge in [0.1, 0.15) is 19.3 Å². The average molecular weight is 377 g/mol. The molecule has 0 aromatic heterocycles. The fourth-order valence-electron chi connectivity index (χ4n) is 3.40. The van der Waals surface area contributed by atoms with Crippen LogP contribution in [0.25, 0.3) is 11.1 Å². The Bertz CT molecular complexity index is 844. The van der Waals surface area contributed by atoms with Gasteiger partial charge in [-0.3, -0.25) is 0 Å². The maximum absolute atomic E-state index is 12.3. The molecule has 0 saturated heterocycles. The van der Waals surface area contributed by atoms with E-state index in [2.05, 4.69) is 42.7 Å². The van der Waals surface area contributed by atoms with Crippen molar-refractivity contribution < 1.29 is 19.1 Å². The highest BCUT2D eigenvalue weighted by Crippen LogP contribution is 2.44. The maximum Gasteiger partial charge on any atom is 0.407 e. The van der Waals surface area contributed by atoms with Crippen molar-refractivity contribution in [2.75, 3.05) is 13.2 Å². The summed E-state index contributed by atoms with van der Waals surface area (Å²) < 4.78 is 10.5. The molecule has 2 aromatic carbocycles. The van der Waals surface area contributed by atoms with Gasteiger partial charge in [-0.15, -0.1) is 6.58 Å². The lowest BCUT2D eigenvalue weighted by Crippen LogP contribution is -2.42. The predicted molar refractivity (Wildman–Crippen MR) is 108 cm³/mol. The SMILES string of the molecule is C=CCOC(=O)[C@@H](CC=C)NC(=O)OCC1c2ccccc2-c2ccccc21. The minimum atomic E-state index is -0.840. The fraction of sp³-hybridized carbons (Fsp3) is 0.217. The fourth-order valence-corrected chi connectivity index (χ4v) is 3.40. The quantitative estimate of drug-likeness (QED) is 0.553. The van der Waals surface area contributed by atoms with Crippen molar-refractivity contribution in [2.24, 2.45) is 0 Å². The molecule has 0 heterocycles. The Kier molecular flexibility index (Phi) is 6.27. The Morgan fingerprint density at radius 1 is 0.964 bits per heavy atom. The van der Waals surface area contributed by atoms with Crippen molar-refractivity contribution >= 4 is 12.1 Å². The lowest BCUT2D eigenvalue weighted by Gasteiger charge is -2.18. The number of amides is 1. The van der Waals surface area contributed by atoms with E-state index in [9.17, 15) is 9.59 Å². The molecular formula is C23H23NO4. The summed E-state index contributed by atoms with van der Waals surface area (Å²) in [5, 5.41) is 2.56. The highest BCUT2D eigenvalue weighted by atomic mass is 16.6. The summed E-state index contributed by atoms with van der Waals surface area (Å²) in [6.07, 6.45) is 2.60. The number of benzene rings is 2. The number of rotatable bonds is 8. The zero-order valence-electron chi connectivity index (χ0n) is 15.6. The van der Waals surface area contributed by atoms with Crippen molar-refractivity contribution in [3.8, 4) is 11.1 Å². The maximum atomic E-state index is 12.3. The minimum Gasteiger partial charge on any atom is -0.460 e. The molecule has 0 fully saturated rings. The van der Waals surface area contributed by atoms with Gasteiger partial charge >= 0.3 is 12.1 Å². The Morgan fingerprint density at radius 3 is 2.14 bits per heavy atom. The first-order valence-electron chi connectivity index (χ1n) is 9.15. The molecule has 3 rings (SSSR count). The normalized spacial score (nSPS) is 13.0. The molecule has 0 spiro atoms. The monoisotopic (exact) mass is 377 g/mol. The molecule has 2 aromatic rings. The molecular weight excluding hydrogens is 354 g/mol. The van der Waals surface area contributed by atoms with E-state index in [1.165, 1.54) is 6.08 Å². The molecule has 28 heavy (non-hydrogen) atoms. The van der Waals surface area contributed by atoms with Gasteiger partial charge in [0.25, 0.3) is 0 Å². The predicted octanol–water partition coefficient (Wildman–Crippen LogP) is 4.20. The van der Waals surface area contributed by atoms with Gasteiger partial charge in [-0.05, 0) is 28.7 Å². The molecule has 1 amide bonds. The molecule has 0 saturated carbocycles. The first kappa shape index (κ1) is 19.4. The molecule has 144 valence electrons. The third kappa shape index (κ3) is 4.14. The summed E-state index contributed by atoms with van der Waals surface area (Å²) in [5.41, 5.74) is 4.57. The van der Waals surface area contributed by atoms with Crippen molar-refractivity contribution in [3.63, 3.8) is 0 Å².